The summed E-state index contributed by atoms with van der Waals surface area (Å²) in [6, 6.07) is 17.8. The van der Waals surface area contributed by atoms with Crippen molar-refractivity contribution in [3.05, 3.63) is 152 Å². The molecular formula is C57H59FN8O12. The third-order valence-corrected chi connectivity index (χ3v) is 14.5. The maximum atomic E-state index is 15.4. The van der Waals surface area contributed by atoms with Crippen molar-refractivity contribution < 1.29 is 57.3 Å². The van der Waals surface area contributed by atoms with Gasteiger partial charge in [-0.3, -0.25) is 38.4 Å². The van der Waals surface area contributed by atoms with Crippen molar-refractivity contribution in [1.29, 1.82) is 0 Å². The molecule has 7 amide bonds. The van der Waals surface area contributed by atoms with E-state index < -0.39 is 66.3 Å². The van der Waals surface area contributed by atoms with Crippen LogP contribution in [-0.2, 0) is 85.8 Å². The van der Waals surface area contributed by atoms with Crippen molar-refractivity contribution in [1.82, 2.24) is 36.1 Å². The number of imide groups is 1. The number of benzene rings is 3. The SMILES string of the molecule is C=C1OCc2c(cc3n(c2=O)Cc2c-3nc3cc(F)c(C)c4c3c2[C@@H](OCCOCNC(=O)CNC(=O)[C@H](Cc2ccccc2)NC(=O)CNC(=O)CNC(=O)CCCc2ccc(N3C(=O)C=CC3=O)cc2)CC4)[C@@]1(O)CC. The van der Waals surface area contributed by atoms with Crippen LogP contribution in [0.4, 0.5) is 10.1 Å². The second-order valence-corrected chi connectivity index (χ2v) is 19.4. The average molecular weight is 1070 g/mol. The zero-order valence-corrected chi connectivity index (χ0v) is 43.1. The van der Waals surface area contributed by atoms with E-state index in [0.29, 0.717) is 65.0 Å². The van der Waals surface area contributed by atoms with Crippen molar-refractivity contribution >= 4 is 57.9 Å². The molecule has 0 saturated heterocycles. The van der Waals surface area contributed by atoms with Gasteiger partial charge in [0.2, 0.25) is 29.5 Å². The largest absolute Gasteiger partial charge is 0.490 e. The summed E-state index contributed by atoms with van der Waals surface area (Å²) in [5.41, 5.74) is 5.29. The summed E-state index contributed by atoms with van der Waals surface area (Å²) in [6.07, 6.45) is 4.40. The van der Waals surface area contributed by atoms with Gasteiger partial charge in [-0.1, -0.05) is 56.0 Å². The predicted molar refractivity (Wildman–Crippen MR) is 281 cm³/mol. The maximum Gasteiger partial charge on any atom is 0.258 e. The van der Waals surface area contributed by atoms with Gasteiger partial charge in [0.15, 0.2) is 0 Å². The number of ether oxygens (including phenoxy) is 3. The first-order valence-corrected chi connectivity index (χ1v) is 25.8. The lowest BCUT2D eigenvalue weighted by Gasteiger charge is -2.35. The van der Waals surface area contributed by atoms with E-state index in [2.05, 4.69) is 33.2 Å². The summed E-state index contributed by atoms with van der Waals surface area (Å²) >= 11 is 0. The number of halogens is 1. The number of aryl methyl sites for hydroxylation is 2. The molecule has 6 N–H and O–H groups in total. The van der Waals surface area contributed by atoms with Crippen LogP contribution in [0.15, 0.2) is 96.0 Å². The van der Waals surface area contributed by atoms with E-state index in [1.807, 2.05) is 0 Å². The number of nitrogens with one attached hydrogen (secondary N) is 5. The Kier molecular flexibility index (Phi) is 16.4. The lowest BCUT2D eigenvalue weighted by Crippen LogP contribution is -2.52. The molecule has 0 spiro atoms. The van der Waals surface area contributed by atoms with Crippen LogP contribution in [0.5, 0.6) is 0 Å². The maximum absolute atomic E-state index is 15.4. The number of hydrogen-bond acceptors (Lipinski definition) is 13. The summed E-state index contributed by atoms with van der Waals surface area (Å²) < 4.78 is 34.8. The van der Waals surface area contributed by atoms with E-state index in [1.165, 1.54) is 18.2 Å². The number of carbonyl (C=O) groups excluding carboxylic acids is 7. The minimum atomic E-state index is -1.57. The topological polar surface area (TPSA) is 266 Å². The standard InChI is InChI=1S/C57H59FN8O12/c1-4-57(75)33(3)78-30-39-40(57)24-44-54-38(29-65(44)56(39)74)53-45(18-17-37-32(2)41(58)25-42(64-54)52(37)53)77-22-21-76-31-62-48(69)27-61-55(73)43(23-35-9-6-5-7-10-35)63-49(70)28-60-47(68)26-59-46(67)12-8-11-34-13-15-36(16-14-34)66-50(71)19-20-51(66)72/h5-7,9-10,13-16,19-20,24-25,43,45,75H,3-4,8,11-12,17-18,21-23,26-31H2,1-2H3,(H,59,67)(H,60,68)(H,61,73)(H,62,69)(H,63,70)/t43-,45-,57+/m0/s1. The molecule has 2 aromatic heterocycles. The summed E-state index contributed by atoms with van der Waals surface area (Å²) in [4.78, 5) is 108. The molecule has 3 aromatic carbocycles. The van der Waals surface area contributed by atoms with Gasteiger partial charge in [0.1, 0.15) is 36.6 Å². The highest BCUT2D eigenvalue weighted by Crippen LogP contribution is 2.47. The van der Waals surface area contributed by atoms with Gasteiger partial charge < -0.3 is 50.5 Å². The van der Waals surface area contributed by atoms with Crippen molar-refractivity contribution in [2.45, 2.75) is 89.7 Å². The smallest absolute Gasteiger partial charge is 0.258 e. The number of carbonyl (C=O) groups is 7. The Morgan fingerprint density at radius 1 is 0.872 bits per heavy atom. The molecular weight excluding hydrogens is 1010 g/mol. The van der Waals surface area contributed by atoms with Crippen LogP contribution in [0.25, 0.3) is 22.3 Å². The zero-order valence-electron chi connectivity index (χ0n) is 43.1. The van der Waals surface area contributed by atoms with Crippen LogP contribution in [0.1, 0.15) is 83.2 Å². The zero-order chi connectivity index (χ0) is 55.3. The van der Waals surface area contributed by atoms with Gasteiger partial charge in [-0.15, -0.1) is 0 Å². The molecule has 5 aromatic rings. The van der Waals surface area contributed by atoms with E-state index in [9.17, 15) is 43.5 Å². The van der Waals surface area contributed by atoms with Crippen molar-refractivity contribution in [2.24, 2.45) is 0 Å². The highest BCUT2D eigenvalue weighted by atomic mass is 19.1. The minimum Gasteiger partial charge on any atom is -0.490 e. The number of hydrogen-bond donors (Lipinski definition) is 6. The fourth-order valence-electron chi connectivity index (χ4n) is 10.3. The first-order chi connectivity index (χ1) is 37.5. The normalized spacial score (nSPS) is 17.2. The van der Waals surface area contributed by atoms with Crippen LogP contribution in [-0.4, -0.2) is 102 Å². The molecule has 20 nitrogen and oxygen atoms in total. The van der Waals surface area contributed by atoms with E-state index in [-0.39, 0.29) is 81.9 Å². The first kappa shape index (κ1) is 54.4. The molecule has 1 aliphatic carbocycles. The molecule has 0 bridgehead atoms. The quantitative estimate of drug-likeness (QED) is 0.0325. The molecule has 0 unspecified atom stereocenters. The van der Waals surface area contributed by atoms with Crippen LogP contribution in [0.2, 0.25) is 0 Å². The molecule has 0 fully saturated rings. The molecule has 78 heavy (non-hydrogen) atoms. The number of fused-ring (bicyclic) bond motifs is 5. The van der Waals surface area contributed by atoms with E-state index in [4.69, 9.17) is 19.2 Å². The molecule has 21 heteroatoms. The van der Waals surface area contributed by atoms with Crippen LogP contribution < -0.4 is 37.0 Å². The number of nitrogens with zero attached hydrogens (tertiary/aromatic N) is 3. The molecule has 4 aliphatic rings. The lowest BCUT2D eigenvalue weighted by atomic mass is 9.82. The number of aliphatic hydroxyl groups is 1. The van der Waals surface area contributed by atoms with Crippen molar-refractivity contribution in [3.63, 3.8) is 0 Å². The minimum absolute atomic E-state index is 0.0329. The van der Waals surface area contributed by atoms with Gasteiger partial charge >= 0.3 is 0 Å². The number of anilines is 1. The Balaban J connectivity index is 0.720. The summed E-state index contributed by atoms with van der Waals surface area (Å²) in [6.45, 7) is 6.23. The molecule has 9 rings (SSSR count). The fraction of sp³-hybridized carbons (Fsp3) is 0.351. The number of amides is 7. The summed E-state index contributed by atoms with van der Waals surface area (Å²) in [5, 5.41) is 25.1. The number of pyridine rings is 2. The Morgan fingerprint density at radius 3 is 2.32 bits per heavy atom. The molecule has 5 heterocycles. The number of aromatic nitrogens is 2. The first-order valence-electron chi connectivity index (χ1n) is 25.8. The lowest BCUT2D eigenvalue weighted by molar-refractivity contribution is -0.131. The Morgan fingerprint density at radius 2 is 1.58 bits per heavy atom. The monoisotopic (exact) mass is 1070 g/mol. The Bertz CT molecular complexity index is 3330. The molecule has 406 valence electrons. The highest BCUT2D eigenvalue weighted by Gasteiger charge is 2.42. The summed E-state index contributed by atoms with van der Waals surface area (Å²) in [5.74, 6) is -3.98. The predicted octanol–water partition coefficient (Wildman–Crippen LogP) is 3.14. The van der Waals surface area contributed by atoms with Gasteiger partial charge in [-0.05, 0) is 85.0 Å². The molecule has 3 aliphatic heterocycles. The number of rotatable bonds is 22. The third kappa shape index (κ3) is 11.5. The van der Waals surface area contributed by atoms with E-state index in [1.54, 1.807) is 79.1 Å². The Labute approximate surface area is 447 Å². The molecule has 0 radical (unpaired) electrons. The van der Waals surface area contributed by atoms with Crippen LogP contribution >= 0.6 is 0 Å². The fourth-order valence-corrected chi connectivity index (χ4v) is 10.3. The van der Waals surface area contributed by atoms with Gasteiger partial charge in [-0.25, -0.2) is 14.3 Å². The van der Waals surface area contributed by atoms with E-state index >= 15 is 4.39 Å². The van der Waals surface area contributed by atoms with Gasteiger partial charge in [0.25, 0.3) is 17.4 Å². The van der Waals surface area contributed by atoms with Crippen LogP contribution in [0.3, 0.4) is 0 Å². The summed E-state index contributed by atoms with van der Waals surface area (Å²) in [7, 11) is 0. The van der Waals surface area contributed by atoms with Crippen molar-refractivity contribution in [2.75, 3.05) is 44.5 Å². The van der Waals surface area contributed by atoms with Crippen LogP contribution in [0, 0.1) is 12.7 Å². The molecule has 0 saturated carbocycles. The van der Waals surface area contributed by atoms with Crippen molar-refractivity contribution in [3.8, 4) is 11.4 Å². The molecule has 3 atom stereocenters. The third-order valence-electron chi connectivity index (χ3n) is 14.5. The Hall–Kier alpha value is -8.40. The second kappa shape index (κ2) is 23.5. The van der Waals surface area contributed by atoms with Gasteiger partial charge in [-0.2, -0.15) is 0 Å². The second-order valence-electron chi connectivity index (χ2n) is 19.4. The van der Waals surface area contributed by atoms with Gasteiger partial charge in [0, 0.05) is 47.6 Å². The van der Waals surface area contributed by atoms with Gasteiger partial charge in [0.05, 0.1) is 73.7 Å². The highest BCUT2D eigenvalue weighted by molar-refractivity contribution is 6.28. The van der Waals surface area contributed by atoms with E-state index in [0.717, 1.165) is 38.1 Å². The average Bonchev–Trinajstić information content (AvgIpc) is 4.14.